The van der Waals surface area contributed by atoms with Crippen LogP contribution < -0.4 is 10.6 Å². The normalized spacial score (nSPS) is 11.3. The van der Waals surface area contributed by atoms with Crippen molar-refractivity contribution in [2.45, 2.75) is 32.4 Å². The van der Waals surface area contributed by atoms with Gasteiger partial charge in [0.25, 0.3) is 5.91 Å². The van der Waals surface area contributed by atoms with Crippen molar-refractivity contribution in [3.05, 3.63) is 22.8 Å². The van der Waals surface area contributed by atoms with Gasteiger partial charge in [-0.3, -0.25) is 4.79 Å². The first kappa shape index (κ1) is 17.6. The van der Waals surface area contributed by atoms with E-state index in [1.807, 2.05) is 6.92 Å². The highest BCUT2D eigenvalue weighted by molar-refractivity contribution is 6.33. The van der Waals surface area contributed by atoms with Gasteiger partial charge in [0.15, 0.2) is 0 Å². The molecule has 1 aromatic heterocycles. The Hall–Kier alpha value is -1.50. The maximum Gasteiger partial charge on any atom is 0.389 e. The molecule has 0 saturated heterocycles. The van der Waals surface area contributed by atoms with Crippen molar-refractivity contribution in [1.29, 1.82) is 0 Å². The molecule has 1 aromatic rings. The number of alkyl halides is 3. The molecular formula is C13H17ClF3N3O. The minimum Gasteiger partial charge on any atom is -0.370 e. The largest absolute Gasteiger partial charge is 0.389 e. The van der Waals surface area contributed by atoms with Crippen LogP contribution in [0.5, 0.6) is 0 Å². The summed E-state index contributed by atoms with van der Waals surface area (Å²) in [6.45, 7) is 2.62. The van der Waals surface area contributed by atoms with Gasteiger partial charge in [-0.05, 0) is 18.9 Å². The summed E-state index contributed by atoms with van der Waals surface area (Å²) >= 11 is 5.88. The van der Waals surface area contributed by atoms with E-state index in [2.05, 4.69) is 15.6 Å². The van der Waals surface area contributed by atoms with Crippen molar-refractivity contribution in [3.8, 4) is 0 Å². The van der Waals surface area contributed by atoms with Crippen LogP contribution in [0.2, 0.25) is 5.02 Å². The van der Waals surface area contributed by atoms with E-state index in [4.69, 9.17) is 11.6 Å². The average Bonchev–Trinajstić information content (AvgIpc) is 2.41. The molecule has 21 heavy (non-hydrogen) atoms. The monoisotopic (exact) mass is 323 g/mol. The van der Waals surface area contributed by atoms with Crippen molar-refractivity contribution in [1.82, 2.24) is 10.3 Å². The molecule has 1 amide bonds. The second-order valence-corrected chi connectivity index (χ2v) is 4.86. The quantitative estimate of drug-likeness (QED) is 0.753. The van der Waals surface area contributed by atoms with Crippen molar-refractivity contribution in [2.75, 3.05) is 18.4 Å². The summed E-state index contributed by atoms with van der Waals surface area (Å²) in [7, 11) is 0. The third kappa shape index (κ3) is 6.66. The summed E-state index contributed by atoms with van der Waals surface area (Å²) in [4.78, 5) is 15.9. The zero-order chi connectivity index (χ0) is 15.9. The number of halogens is 4. The van der Waals surface area contributed by atoms with Crippen LogP contribution in [0.25, 0.3) is 0 Å². The number of hydrogen-bond acceptors (Lipinski definition) is 3. The van der Waals surface area contributed by atoms with E-state index >= 15 is 0 Å². The second-order valence-electron chi connectivity index (χ2n) is 4.45. The van der Waals surface area contributed by atoms with E-state index < -0.39 is 18.5 Å². The van der Waals surface area contributed by atoms with E-state index in [0.717, 1.165) is 6.42 Å². The summed E-state index contributed by atoms with van der Waals surface area (Å²) < 4.78 is 36.0. The zero-order valence-corrected chi connectivity index (χ0v) is 12.3. The van der Waals surface area contributed by atoms with Crippen molar-refractivity contribution >= 4 is 23.3 Å². The summed E-state index contributed by atoms with van der Waals surface area (Å²) in [6, 6.07) is 1.48. The second kappa shape index (κ2) is 8.07. The Morgan fingerprint density at radius 2 is 2.10 bits per heavy atom. The van der Waals surface area contributed by atoms with Crippen LogP contribution in [0.4, 0.5) is 19.0 Å². The average molecular weight is 324 g/mol. The molecule has 0 bridgehead atoms. The lowest BCUT2D eigenvalue weighted by Gasteiger charge is -2.10. The molecule has 4 nitrogen and oxygen atoms in total. The number of carbonyl (C=O) groups excluding carboxylic acids is 1. The number of nitrogens with zero attached hydrogens (tertiary/aromatic N) is 1. The third-order valence-electron chi connectivity index (χ3n) is 2.58. The first-order valence-corrected chi connectivity index (χ1v) is 6.95. The van der Waals surface area contributed by atoms with Crippen LogP contribution in [0.3, 0.4) is 0 Å². The molecular weight excluding hydrogens is 307 g/mol. The molecule has 0 aromatic carbocycles. The molecule has 0 spiro atoms. The number of hydrogen-bond donors (Lipinski definition) is 2. The van der Waals surface area contributed by atoms with Crippen LogP contribution in [-0.2, 0) is 0 Å². The molecule has 0 atom stereocenters. The Morgan fingerprint density at radius 3 is 2.71 bits per heavy atom. The van der Waals surface area contributed by atoms with Crippen molar-refractivity contribution in [2.24, 2.45) is 0 Å². The first-order chi connectivity index (χ1) is 9.83. The van der Waals surface area contributed by atoms with Crippen LogP contribution in [-0.4, -0.2) is 30.2 Å². The van der Waals surface area contributed by atoms with Gasteiger partial charge in [-0.2, -0.15) is 13.2 Å². The minimum atomic E-state index is -4.21. The molecule has 118 valence electrons. The highest BCUT2D eigenvalue weighted by Crippen LogP contribution is 2.21. The number of carbonyl (C=O) groups is 1. The van der Waals surface area contributed by atoms with Gasteiger partial charge in [0.05, 0.1) is 10.6 Å². The lowest BCUT2D eigenvalue weighted by molar-refractivity contribution is -0.135. The molecule has 0 aliphatic carbocycles. The SMILES string of the molecule is CCCNc1cc(C(=O)NCCCC(F)(F)F)c(Cl)cn1. The maximum atomic E-state index is 12.0. The standard InChI is InChI=1S/C13H17ClF3N3O/c1-2-5-18-11-7-9(10(14)8-20-11)12(21)19-6-3-4-13(15,16)17/h7-8H,2-6H2,1H3,(H,18,20)(H,19,21). The molecule has 0 aliphatic rings. The Labute approximate surface area is 126 Å². The molecule has 0 unspecified atom stereocenters. The minimum absolute atomic E-state index is 0.0608. The first-order valence-electron chi connectivity index (χ1n) is 6.58. The maximum absolute atomic E-state index is 12.0. The number of amides is 1. The Bertz CT molecular complexity index is 480. The van der Waals surface area contributed by atoms with Gasteiger partial charge in [-0.25, -0.2) is 4.98 Å². The summed E-state index contributed by atoms with van der Waals surface area (Å²) in [5.41, 5.74) is 0.192. The topological polar surface area (TPSA) is 54.0 Å². The number of pyridine rings is 1. The fourth-order valence-corrected chi connectivity index (χ4v) is 1.74. The molecule has 0 aliphatic heterocycles. The highest BCUT2D eigenvalue weighted by Gasteiger charge is 2.26. The van der Waals surface area contributed by atoms with Crippen LogP contribution in [0, 0.1) is 0 Å². The molecule has 1 rings (SSSR count). The molecule has 0 saturated carbocycles. The summed E-state index contributed by atoms with van der Waals surface area (Å²) in [6.07, 6.45) is -3.08. The fourth-order valence-electron chi connectivity index (χ4n) is 1.55. The van der Waals surface area contributed by atoms with E-state index in [-0.39, 0.29) is 23.6 Å². The zero-order valence-electron chi connectivity index (χ0n) is 11.6. The van der Waals surface area contributed by atoms with Gasteiger partial charge in [0.2, 0.25) is 0 Å². The van der Waals surface area contributed by atoms with Crippen LogP contribution in [0.1, 0.15) is 36.5 Å². The lowest BCUT2D eigenvalue weighted by atomic mass is 10.2. The Balaban J connectivity index is 2.56. The number of aromatic nitrogens is 1. The molecule has 1 heterocycles. The van der Waals surface area contributed by atoms with Gasteiger partial charge in [-0.15, -0.1) is 0 Å². The van der Waals surface area contributed by atoms with Gasteiger partial charge in [-0.1, -0.05) is 18.5 Å². The number of rotatable bonds is 7. The molecule has 2 N–H and O–H groups in total. The van der Waals surface area contributed by atoms with E-state index in [0.29, 0.717) is 12.4 Å². The van der Waals surface area contributed by atoms with E-state index in [1.165, 1.54) is 12.3 Å². The van der Waals surface area contributed by atoms with Gasteiger partial charge in [0.1, 0.15) is 5.82 Å². The summed E-state index contributed by atoms with van der Waals surface area (Å²) in [5, 5.41) is 5.58. The third-order valence-corrected chi connectivity index (χ3v) is 2.88. The predicted molar refractivity (Wildman–Crippen MR) is 75.6 cm³/mol. The predicted octanol–water partition coefficient (Wildman–Crippen LogP) is 3.63. The number of nitrogens with one attached hydrogen (secondary N) is 2. The smallest absolute Gasteiger partial charge is 0.370 e. The Morgan fingerprint density at radius 1 is 1.38 bits per heavy atom. The van der Waals surface area contributed by atoms with Gasteiger partial charge in [0, 0.05) is 25.7 Å². The van der Waals surface area contributed by atoms with E-state index in [1.54, 1.807) is 0 Å². The van der Waals surface area contributed by atoms with Crippen LogP contribution >= 0.6 is 11.6 Å². The van der Waals surface area contributed by atoms with Crippen molar-refractivity contribution < 1.29 is 18.0 Å². The summed E-state index contributed by atoms with van der Waals surface area (Å²) in [5.74, 6) is -0.00851. The molecule has 8 heteroatoms. The number of anilines is 1. The van der Waals surface area contributed by atoms with Gasteiger partial charge >= 0.3 is 6.18 Å². The highest BCUT2D eigenvalue weighted by atomic mass is 35.5. The van der Waals surface area contributed by atoms with Crippen molar-refractivity contribution in [3.63, 3.8) is 0 Å². The Kier molecular flexibility index (Phi) is 6.74. The molecule has 0 radical (unpaired) electrons. The molecule has 0 fully saturated rings. The van der Waals surface area contributed by atoms with E-state index in [9.17, 15) is 18.0 Å². The fraction of sp³-hybridized carbons (Fsp3) is 0.538. The van der Waals surface area contributed by atoms with Crippen LogP contribution in [0.15, 0.2) is 12.3 Å². The van der Waals surface area contributed by atoms with Gasteiger partial charge < -0.3 is 10.6 Å². The lowest BCUT2D eigenvalue weighted by Crippen LogP contribution is -2.26.